The van der Waals surface area contributed by atoms with E-state index in [9.17, 15) is 4.79 Å². The van der Waals surface area contributed by atoms with E-state index in [0.29, 0.717) is 24.1 Å². The van der Waals surface area contributed by atoms with Crippen molar-refractivity contribution in [3.63, 3.8) is 0 Å². The predicted octanol–water partition coefficient (Wildman–Crippen LogP) is 5.03. The Morgan fingerprint density at radius 1 is 1.12 bits per heavy atom. The smallest absolute Gasteiger partial charge is 0.234 e. The summed E-state index contributed by atoms with van der Waals surface area (Å²) in [7, 11) is 1.60. The number of hydrogen-bond acceptors (Lipinski definition) is 6. The van der Waals surface area contributed by atoms with Gasteiger partial charge in [0.05, 0.1) is 19.0 Å². The number of aromatic nitrogens is 3. The Morgan fingerprint density at radius 3 is 2.62 bits per heavy atom. The van der Waals surface area contributed by atoms with Gasteiger partial charge in [0.15, 0.2) is 11.0 Å². The van der Waals surface area contributed by atoms with E-state index in [2.05, 4.69) is 15.5 Å². The Morgan fingerprint density at radius 2 is 1.91 bits per heavy atom. The van der Waals surface area contributed by atoms with Gasteiger partial charge in [-0.05, 0) is 69.0 Å². The number of thioether (sulfide) groups is 1. The first kappa shape index (κ1) is 22.2. The zero-order valence-corrected chi connectivity index (χ0v) is 19.2. The van der Waals surface area contributed by atoms with E-state index in [-0.39, 0.29) is 11.7 Å². The van der Waals surface area contributed by atoms with E-state index in [4.69, 9.17) is 9.47 Å². The number of nitrogens with zero attached hydrogens (tertiary/aromatic N) is 3. The summed E-state index contributed by atoms with van der Waals surface area (Å²) in [5.41, 5.74) is 1.68. The highest BCUT2D eigenvalue weighted by molar-refractivity contribution is 7.99. The summed E-state index contributed by atoms with van der Waals surface area (Å²) in [6.07, 6.45) is 5.11. The first-order valence-corrected chi connectivity index (χ1v) is 11.9. The van der Waals surface area contributed by atoms with Gasteiger partial charge in [0.1, 0.15) is 11.5 Å². The van der Waals surface area contributed by atoms with E-state index in [1.165, 1.54) is 24.6 Å². The molecule has 2 aromatic carbocycles. The average Bonchev–Trinajstić information content (AvgIpc) is 3.48. The highest BCUT2D eigenvalue weighted by atomic mass is 32.2. The second-order valence-electron chi connectivity index (χ2n) is 7.67. The normalized spacial score (nSPS) is 13.8. The fourth-order valence-electron chi connectivity index (χ4n) is 3.80. The molecule has 4 rings (SSSR count). The van der Waals surface area contributed by atoms with Crippen LogP contribution >= 0.6 is 11.8 Å². The molecule has 32 heavy (non-hydrogen) atoms. The van der Waals surface area contributed by atoms with Crippen LogP contribution in [-0.2, 0) is 11.3 Å². The maximum absolute atomic E-state index is 12.4. The molecular weight excluding hydrogens is 424 g/mol. The van der Waals surface area contributed by atoms with Crippen molar-refractivity contribution in [2.75, 3.05) is 18.2 Å². The summed E-state index contributed by atoms with van der Waals surface area (Å²) in [5.74, 6) is 2.51. The van der Waals surface area contributed by atoms with Crippen LogP contribution in [0.3, 0.4) is 0 Å². The number of benzene rings is 2. The van der Waals surface area contributed by atoms with E-state index in [1.54, 1.807) is 13.2 Å². The fourth-order valence-corrected chi connectivity index (χ4v) is 4.61. The molecule has 8 heteroatoms. The predicted molar refractivity (Wildman–Crippen MR) is 126 cm³/mol. The van der Waals surface area contributed by atoms with Gasteiger partial charge in [-0.2, -0.15) is 0 Å². The number of hydrogen-bond donors (Lipinski definition) is 1. The lowest BCUT2D eigenvalue weighted by molar-refractivity contribution is -0.113. The Bertz CT molecular complexity index is 1050. The van der Waals surface area contributed by atoms with Gasteiger partial charge in [-0.1, -0.05) is 17.8 Å². The van der Waals surface area contributed by atoms with Gasteiger partial charge in [-0.3, -0.25) is 4.79 Å². The molecule has 1 fully saturated rings. The third kappa shape index (κ3) is 5.43. The van der Waals surface area contributed by atoms with Crippen molar-refractivity contribution in [3.8, 4) is 22.9 Å². The van der Waals surface area contributed by atoms with Crippen LogP contribution in [0, 0.1) is 0 Å². The van der Waals surface area contributed by atoms with Gasteiger partial charge >= 0.3 is 0 Å². The highest BCUT2D eigenvalue weighted by Crippen LogP contribution is 2.28. The van der Waals surface area contributed by atoms with Gasteiger partial charge in [0.25, 0.3) is 0 Å². The molecule has 0 aliphatic heterocycles. The van der Waals surface area contributed by atoms with Crippen LogP contribution in [-0.4, -0.2) is 39.6 Å². The van der Waals surface area contributed by atoms with Crippen LogP contribution < -0.4 is 14.8 Å². The molecule has 1 heterocycles. The molecule has 0 spiro atoms. The summed E-state index contributed by atoms with van der Waals surface area (Å²) < 4.78 is 13.3. The molecule has 0 saturated heterocycles. The Balaban J connectivity index is 1.38. The summed E-state index contributed by atoms with van der Waals surface area (Å²) in [4.78, 5) is 12.4. The van der Waals surface area contributed by atoms with Gasteiger partial charge < -0.3 is 19.4 Å². The molecule has 0 unspecified atom stereocenters. The number of carbonyl (C=O) groups excluding carboxylic acids is 1. The van der Waals surface area contributed by atoms with E-state index < -0.39 is 0 Å². The second kappa shape index (κ2) is 10.5. The van der Waals surface area contributed by atoms with E-state index >= 15 is 0 Å². The number of ether oxygens (including phenoxy) is 2. The third-order valence-electron chi connectivity index (χ3n) is 5.44. The molecule has 1 aromatic heterocycles. The topological polar surface area (TPSA) is 78.3 Å². The standard InChI is InChI=1S/C24H28N4O3S/c1-3-28-23(17-11-13-20(14-12-17)31-19-8-4-5-9-19)26-27-24(28)32-16-22(29)25-18-7-6-10-21(15-18)30-2/h6-7,10-15,19H,3-5,8-9,16H2,1-2H3,(H,25,29). The van der Waals surface area contributed by atoms with Crippen LogP contribution in [0.25, 0.3) is 11.4 Å². The van der Waals surface area contributed by atoms with Crippen LogP contribution in [0.5, 0.6) is 11.5 Å². The zero-order valence-electron chi connectivity index (χ0n) is 18.4. The minimum absolute atomic E-state index is 0.108. The summed E-state index contributed by atoms with van der Waals surface area (Å²) in [6, 6.07) is 15.3. The first-order valence-electron chi connectivity index (χ1n) is 10.9. The maximum Gasteiger partial charge on any atom is 0.234 e. The van der Waals surface area contributed by atoms with Gasteiger partial charge in [0, 0.05) is 23.9 Å². The quantitative estimate of drug-likeness (QED) is 0.459. The SMILES string of the molecule is CCn1c(SCC(=O)Nc2cccc(OC)c2)nnc1-c1ccc(OC2CCCC2)cc1. The van der Waals surface area contributed by atoms with Gasteiger partial charge in [-0.15, -0.1) is 10.2 Å². The number of carbonyl (C=O) groups is 1. The Kier molecular flexibility index (Phi) is 7.32. The number of nitrogens with one attached hydrogen (secondary N) is 1. The van der Waals surface area contributed by atoms with Crippen molar-refractivity contribution in [1.29, 1.82) is 0 Å². The van der Waals surface area contributed by atoms with Crippen molar-refractivity contribution in [2.45, 2.75) is 50.4 Å². The molecule has 1 aliphatic carbocycles. The molecule has 1 N–H and O–H groups in total. The van der Waals surface area contributed by atoms with Gasteiger partial charge in [0.2, 0.25) is 5.91 Å². The fraction of sp³-hybridized carbons (Fsp3) is 0.375. The van der Waals surface area contributed by atoms with E-state index in [0.717, 1.165) is 35.1 Å². The van der Waals surface area contributed by atoms with Gasteiger partial charge in [-0.25, -0.2) is 0 Å². The lowest BCUT2D eigenvalue weighted by atomic mass is 10.2. The lowest BCUT2D eigenvalue weighted by Crippen LogP contribution is -2.14. The summed E-state index contributed by atoms with van der Waals surface area (Å²) >= 11 is 1.37. The largest absolute Gasteiger partial charge is 0.497 e. The van der Waals surface area contributed by atoms with Crippen molar-refractivity contribution in [1.82, 2.24) is 14.8 Å². The molecule has 1 saturated carbocycles. The van der Waals surface area contributed by atoms with Crippen molar-refractivity contribution in [3.05, 3.63) is 48.5 Å². The molecule has 1 amide bonds. The number of amides is 1. The number of rotatable bonds is 9. The molecule has 0 radical (unpaired) electrons. The van der Waals surface area contributed by atoms with Crippen LogP contribution in [0.1, 0.15) is 32.6 Å². The second-order valence-corrected chi connectivity index (χ2v) is 8.61. The van der Waals surface area contributed by atoms with Crippen molar-refractivity contribution < 1.29 is 14.3 Å². The monoisotopic (exact) mass is 452 g/mol. The van der Waals surface area contributed by atoms with Crippen LogP contribution in [0.2, 0.25) is 0 Å². The minimum Gasteiger partial charge on any atom is -0.497 e. The maximum atomic E-state index is 12.4. The molecule has 7 nitrogen and oxygen atoms in total. The Labute approximate surface area is 192 Å². The van der Waals surface area contributed by atoms with E-state index in [1.807, 2.05) is 54.0 Å². The van der Waals surface area contributed by atoms with Crippen LogP contribution in [0.15, 0.2) is 53.7 Å². The average molecular weight is 453 g/mol. The first-order chi connectivity index (χ1) is 15.7. The minimum atomic E-state index is -0.108. The molecule has 168 valence electrons. The summed E-state index contributed by atoms with van der Waals surface area (Å²) in [6.45, 7) is 2.76. The summed E-state index contributed by atoms with van der Waals surface area (Å²) in [5, 5.41) is 12.3. The molecular formula is C24H28N4O3S. The lowest BCUT2D eigenvalue weighted by Gasteiger charge is -2.13. The molecule has 3 aromatic rings. The molecule has 1 aliphatic rings. The molecule has 0 atom stereocenters. The van der Waals surface area contributed by atoms with Crippen molar-refractivity contribution in [2.24, 2.45) is 0 Å². The highest BCUT2D eigenvalue weighted by Gasteiger charge is 2.18. The Hall–Kier alpha value is -3.00. The zero-order chi connectivity index (χ0) is 22.3. The van der Waals surface area contributed by atoms with Crippen molar-refractivity contribution >= 4 is 23.4 Å². The number of methoxy groups -OCH3 is 1. The molecule has 0 bridgehead atoms. The third-order valence-corrected chi connectivity index (χ3v) is 6.40. The number of anilines is 1. The van der Waals surface area contributed by atoms with Crippen LogP contribution in [0.4, 0.5) is 5.69 Å².